The Morgan fingerprint density at radius 1 is 0.304 bits per heavy atom. The average molecular weight is 1940 g/mol. The number of benzene rings is 12. The fourth-order valence-electron chi connectivity index (χ4n) is 13.5. The largest absolute Gasteiger partial charge is 0.457 e. The van der Waals surface area contributed by atoms with Crippen molar-refractivity contribution in [1.82, 2.24) is 41.2 Å². The summed E-state index contributed by atoms with van der Waals surface area (Å²) in [5.41, 5.74) is 20.6. The van der Waals surface area contributed by atoms with Crippen LogP contribution in [-0.2, 0) is 24.7 Å². The number of carbonyl (C=O) groups is 4. The third-order valence-corrected chi connectivity index (χ3v) is 20.9. The summed E-state index contributed by atoms with van der Waals surface area (Å²) >= 11 is 3.65. The van der Waals surface area contributed by atoms with Crippen LogP contribution in [0.5, 0.6) is 46.0 Å². The maximum Gasteiger partial charge on any atom is 0.416 e. The molecule has 4 heterocycles. The highest BCUT2D eigenvalue weighted by molar-refractivity contribution is 9.10. The van der Waals surface area contributed by atoms with Gasteiger partial charge in [-0.25, -0.2) is 0 Å². The van der Waals surface area contributed by atoms with Crippen molar-refractivity contribution in [2.75, 3.05) is 23.5 Å². The Morgan fingerprint density at radius 3 is 0.711 bits per heavy atom. The van der Waals surface area contributed by atoms with Gasteiger partial charge >= 0.3 is 24.7 Å². The average Bonchev–Trinajstić information content (AvgIpc) is 0.807. The number of amides is 4. The van der Waals surface area contributed by atoms with E-state index in [0.29, 0.717) is 79.4 Å². The molecule has 692 valence electrons. The Morgan fingerprint density at radius 2 is 0.511 bits per heavy atom. The first-order chi connectivity index (χ1) is 64.2. The van der Waals surface area contributed by atoms with Gasteiger partial charge in [-0.1, -0.05) is 64.5 Å². The molecule has 34 heteroatoms. The maximum atomic E-state index is 12.8. The van der Waals surface area contributed by atoms with Crippen molar-refractivity contribution >= 4 is 112 Å². The van der Waals surface area contributed by atoms with E-state index in [4.69, 9.17) is 36.1 Å². The van der Waals surface area contributed by atoms with Gasteiger partial charge in [0.15, 0.2) is 0 Å². The SMILES string of the molecule is CC(NC(=O)c1ccc2c(Oc3ccc(C(F)(F)F)cc3)cccc2c1)c1cc(Br)ccn1.CC(NC(=O)c1ccc2c(Oc3ccc(C(F)(F)F)cc3)cccc2c1)c1cc(N)ccn1.CSF.C[C@@H](NC(=O)c1ccc2c(Oc3ccc(C(F)(F)F)cc3)cccc2c1)c1cc(N)ccn1.C[C@H](NC(=O)c1ccc2c(Oc3ccc(C(F)(F)F)cc3)cccc2c1)c1cc(N)ccn1. The molecule has 0 saturated carbocycles. The molecular formula is C101H81BrF13N11O8S. The molecule has 0 aliphatic heterocycles. The molecule has 0 aliphatic rings. The van der Waals surface area contributed by atoms with Gasteiger partial charge < -0.3 is 57.4 Å². The van der Waals surface area contributed by atoms with E-state index in [2.05, 4.69) is 57.1 Å². The Labute approximate surface area is 777 Å². The number of nitrogens with two attached hydrogens (primary N) is 3. The molecule has 19 nitrogen and oxygen atoms in total. The predicted molar refractivity (Wildman–Crippen MR) is 498 cm³/mol. The lowest BCUT2D eigenvalue weighted by atomic mass is 10.1. The monoisotopic (exact) mass is 1930 g/mol. The van der Waals surface area contributed by atoms with Gasteiger partial charge in [0.05, 0.1) is 69.2 Å². The molecule has 0 spiro atoms. The summed E-state index contributed by atoms with van der Waals surface area (Å²) in [6.45, 7) is 7.30. The first kappa shape index (κ1) is 98.7. The lowest BCUT2D eigenvalue weighted by molar-refractivity contribution is -0.138. The number of alkyl halides is 12. The third-order valence-electron chi connectivity index (χ3n) is 20.4. The van der Waals surface area contributed by atoms with Gasteiger partial charge in [0.2, 0.25) is 0 Å². The summed E-state index contributed by atoms with van der Waals surface area (Å²) in [4.78, 5) is 68.0. The molecule has 16 rings (SSSR count). The number of carbonyl (C=O) groups excluding carboxylic acids is 4. The molecule has 10 N–H and O–H groups in total. The minimum absolute atomic E-state index is 0.250. The van der Waals surface area contributed by atoms with Crippen molar-refractivity contribution in [3.05, 3.63) is 388 Å². The Bertz CT molecular complexity index is 6070. The number of rotatable bonds is 20. The van der Waals surface area contributed by atoms with Crippen LogP contribution in [0, 0.1) is 0 Å². The molecule has 0 saturated heterocycles. The van der Waals surface area contributed by atoms with E-state index in [0.717, 1.165) is 102 Å². The zero-order chi connectivity index (χ0) is 97.1. The molecule has 16 aromatic rings. The van der Waals surface area contributed by atoms with Gasteiger partial charge in [0.1, 0.15) is 46.0 Å². The summed E-state index contributed by atoms with van der Waals surface area (Å²) in [6, 6.07) is 72.2. The van der Waals surface area contributed by atoms with Crippen LogP contribution in [0.2, 0.25) is 0 Å². The Kier molecular flexibility index (Phi) is 32.0. The van der Waals surface area contributed by atoms with Gasteiger partial charge in [0, 0.05) is 109 Å². The van der Waals surface area contributed by atoms with Crippen molar-refractivity contribution in [1.29, 1.82) is 0 Å². The van der Waals surface area contributed by atoms with Crippen molar-refractivity contribution in [3.8, 4) is 46.0 Å². The number of nitrogens with one attached hydrogen (secondary N) is 4. The first-order valence-electron chi connectivity index (χ1n) is 40.9. The van der Waals surface area contributed by atoms with Crippen LogP contribution >= 0.6 is 28.1 Å². The van der Waals surface area contributed by atoms with Gasteiger partial charge in [-0.15, -0.1) is 0 Å². The van der Waals surface area contributed by atoms with Crippen LogP contribution in [0.4, 0.5) is 73.6 Å². The highest BCUT2D eigenvalue weighted by Gasteiger charge is 2.34. The molecular weight excluding hydrogens is 1850 g/mol. The number of nitrogen functional groups attached to an aromatic ring is 3. The van der Waals surface area contributed by atoms with Gasteiger partial charge in [-0.3, -0.25) is 39.1 Å². The van der Waals surface area contributed by atoms with E-state index in [1.54, 1.807) is 183 Å². The van der Waals surface area contributed by atoms with Crippen LogP contribution in [-0.4, -0.2) is 49.8 Å². The van der Waals surface area contributed by atoms with Gasteiger partial charge in [-0.2, -0.15) is 56.6 Å². The van der Waals surface area contributed by atoms with Crippen LogP contribution in [0.25, 0.3) is 43.1 Å². The molecule has 0 aliphatic carbocycles. The summed E-state index contributed by atoms with van der Waals surface area (Å²) < 4.78 is 188. The standard InChI is InChI=1S/C25H18BrF3N2O2.3C25H20F3N3O2.CH3FS/c1-15(22-14-19(26)11-12-30-22)31-24(32)17-5-10-21-16(13-17)3-2-4-23(21)33-20-8-6-18(7-9-20)25(27,28)29;3*1-15(22-14-19(29)11-12-30-22)31-24(32)17-5-10-21-16(13-17)3-2-4-23(21)33-20-8-6-18(7-9-20)25(26,27)28;1-3-2/h2-15H,1H3,(H,31,32);3*2-15H,1H3,(H2,29,30)(H,31,32);1H3/t;2*15-;;/m.10../s1. The first-order valence-corrected chi connectivity index (χ1v) is 42.8. The molecule has 4 atom stereocenters. The van der Waals surface area contributed by atoms with Crippen LogP contribution in [0.1, 0.15) is 138 Å². The van der Waals surface area contributed by atoms with Crippen molar-refractivity contribution < 1.29 is 94.7 Å². The topological polar surface area (TPSA) is 283 Å². The van der Waals surface area contributed by atoms with Crippen molar-refractivity contribution in [2.45, 2.75) is 76.6 Å². The zero-order valence-corrected chi connectivity index (χ0v) is 74.2. The molecule has 0 fully saturated rings. The molecule has 12 aromatic carbocycles. The molecule has 135 heavy (non-hydrogen) atoms. The second-order valence-electron chi connectivity index (χ2n) is 30.1. The van der Waals surface area contributed by atoms with E-state index in [-0.39, 0.29) is 82.9 Å². The molecule has 0 radical (unpaired) electrons. The number of hydrogen-bond acceptors (Lipinski definition) is 16. The summed E-state index contributed by atoms with van der Waals surface area (Å²) in [5.74, 6) is 1.93. The normalized spacial score (nSPS) is 12.2. The highest BCUT2D eigenvalue weighted by atomic mass is 79.9. The van der Waals surface area contributed by atoms with Crippen molar-refractivity contribution in [3.63, 3.8) is 0 Å². The number of pyridine rings is 4. The second kappa shape index (κ2) is 43.8. The van der Waals surface area contributed by atoms with Gasteiger partial charge in [0.25, 0.3) is 23.6 Å². The Hall–Kier alpha value is -15.3. The number of nitrogens with zero attached hydrogens (tertiary/aromatic N) is 4. The molecule has 0 bridgehead atoms. The van der Waals surface area contributed by atoms with E-state index in [1.807, 2.05) is 64.1 Å². The molecule has 4 amide bonds. The number of hydrogen-bond donors (Lipinski definition) is 7. The highest BCUT2D eigenvalue weighted by Crippen LogP contribution is 2.41. The minimum atomic E-state index is -4.41. The summed E-state index contributed by atoms with van der Waals surface area (Å²) in [6.07, 6.45) is -9.83. The number of ether oxygens (including phenoxy) is 4. The molecule has 2 unspecified atom stereocenters. The Balaban J connectivity index is 0.000000160. The van der Waals surface area contributed by atoms with Gasteiger partial charge in [-0.05, 0) is 292 Å². The summed E-state index contributed by atoms with van der Waals surface area (Å²) in [7, 11) is 0. The second-order valence-corrected chi connectivity index (χ2v) is 31.4. The van der Waals surface area contributed by atoms with Crippen LogP contribution in [0.15, 0.2) is 320 Å². The van der Waals surface area contributed by atoms with Crippen molar-refractivity contribution in [2.24, 2.45) is 0 Å². The minimum Gasteiger partial charge on any atom is -0.457 e. The van der Waals surface area contributed by atoms with Crippen LogP contribution < -0.4 is 57.4 Å². The number of aromatic nitrogens is 4. The van der Waals surface area contributed by atoms with E-state index >= 15 is 0 Å². The smallest absolute Gasteiger partial charge is 0.416 e. The predicted octanol–water partition coefficient (Wildman–Crippen LogP) is 26.9. The summed E-state index contributed by atoms with van der Waals surface area (Å²) in [5, 5.41) is 17.5. The third kappa shape index (κ3) is 27.0. The fraction of sp³-hybridized carbons (Fsp3) is 0.129. The number of anilines is 3. The number of halogens is 14. The lowest BCUT2D eigenvalue weighted by Crippen LogP contribution is -2.27. The number of fused-ring (bicyclic) bond motifs is 4. The van der Waals surface area contributed by atoms with Crippen LogP contribution in [0.3, 0.4) is 0 Å². The lowest BCUT2D eigenvalue weighted by Gasteiger charge is -2.15. The van der Waals surface area contributed by atoms with E-state index in [1.165, 1.54) is 54.8 Å². The molecule has 4 aromatic heterocycles. The van der Waals surface area contributed by atoms with E-state index in [9.17, 15) is 75.7 Å². The quantitative estimate of drug-likeness (QED) is 0.0349. The maximum absolute atomic E-state index is 12.8. The zero-order valence-electron chi connectivity index (χ0n) is 71.8. The van der Waals surface area contributed by atoms with E-state index < -0.39 is 47.0 Å². The fourth-order valence-corrected chi connectivity index (χ4v) is 13.8.